The van der Waals surface area contributed by atoms with Crippen LogP contribution in [0.1, 0.15) is 11.1 Å². The van der Waals surface area contributed by atoms with Gasteiger partial charge in [0, 0.05) is 18.1 Å². The fourth-order valence-electron chi connectivity index (χ4n) is 2.72. The Morgan fingerprint density at radius 3 is 2.74 bits per heavy atom. The molecule has 0 fully saturated rings. The van der Waals surface area contributed by atoms with Crippen molar-refractivity contribution >= 4 is 33.3 Å². The fourth-order valence-corrected chi connectivity index (χ4v) is 4.43. The van der Waals surface area contributed by atoms with Crippen molar-refractivity contribution in [1.82, 2.24) is 14.5 Å². The molecular formula is C20H17N3O2S2. The maximum Gasteiger partial charge on any atom is 0.272 e. The first-order valence-electron chi connectivity index (χ1n) is 8.37. The van der Waals surface area contributed by atoms with E-state index in [0.29, 0.717) is 22.2 Å². The normalized spacial score (nSPS) is 11.0. The van der Waals surface area contributed by atoms with Crippen molar-refractivity contribution in [2.24, 2.45) is 0 Å². The fraction of sp³-hybridized carbons (Fsp3) is 0.150. The van der Waals surface area contributed by atoms with E-state index < -0.39 is 0 Å². The zero-order valence-electron chi connectivity index (χ0n) is 14.7. The second-order valence-electron chi connectivity index (χ2n) is 5.92. The molecule has 0 saturated heterocycles. The number of methoxy groups -OCH3 is 1. The van der Waals surface area contributed by atoms with E-state index in [1.807, 2.05) is 54.0 Å². The zero-order valence-corrected chi connectivity index (χ0v) is 16.3. The lowest BCUT2D eigenvalue weighted by Crippen LogP contribution is -2.23. The lowest BCUT2D eigenvalue weighted by atomic mass is 10.2. The van der Waals surface area contributed by atoms with E-state index in [1.54, 1.807) is 29.6 Å². The van der Waals surface area contributed by atoms with Crippen molar-refractivity contribution in [3.63, 3.8) is 0 Å². The highest BCUT2D eigenvalue weighted by Gasteiger charge is 2.13. The standard InChI is InChI=1S/C20H17N3O2S2/c1-25-16-6-4-14(5-7-16)12-23-19(24)18-17(8-10-26-18)22-20(23)27-13-15-3-2-9-21-11-15/h2-11H,12-13H2,1H3. The van der Waals surface area contributed by atoms with Crippen LogP contribution in [0.15, 0.2) is 70.2 Å². The highest BCUT2D eigenvalue weighted by molar-refractivity contribution is 7.98. The second-order valence-corrected chi connectivity index (χ2v) is 7.78. The Hall–Kier alpha value is -2.64. The van der Waals surface area contributed by atoms with E-state index in [4.69, 9.17) is 9.72 Å². The third kappa shape index (κ3) is 3.89. The number of rotatable bonds is 6. The summed E-state index contributed by atoms with van der Waals surface area (Å²) in [6, 6.07) is 13.6. The molecule has 3 aromatic heterocycles. The summed E-state index contributed by atoms with van der Waals surface area (Å²) in [6.45, 7) is 0.471. The number of hydrogen-bond acceptors (Lipinski definition) is 6. The molecule has 0 aliphatic heterocycles. The van der Waals surface area contributed by atoms with Crippen LogP contribution < -0.4 is 10.3 Å². The topological polar surface area (TPSA) is 57.0 Å². The van der Waals surface area contributed by atoms with Crippen LogP contribution in [-0.4, -0.2) is 21.6 Å². The van der Waals surface area contributed by atoms with Crippen LogP contribution in [0.25, 0.3) is 10.2 Å². The minimum atomic E-state index is -0.000459. The first-order valence-corrected chi connectivity index (χ1v) is 10.2. The van der Waals surface area contributed by atoms with Gasteiger partial charge < -0.3 is 4.74 Å². The summed E-state index contributed by atoms with van der Waals surface area (Å²) in [4.78, 5) is 21.9. The molecule has 0 amide bonds. The predicted molar refractivity (Wildman–Crippen MR) is 110 cm³/mol. The van der Waals surface area contributed by atoms with Crippen molar-refractivity contribution < 1.29 is 4.74 Å². The van der Waals surface area contributed by atoms with Gasteiger partial charge in [-0.3, -0.25) is 14.3 Å². The number of pyridine rings is 1. The quantitative estimate of drug-likeness (QED) is 0.362. The van der Waals surface area contributed by atoms with Crippen LogP contribution in [0.2, 0.25) is 0 Å². The Kier molecular flexibility index (Phi) is 5.22. The Bertz CT molecular complexity index is 1110. The number of hydrogen-bond donors (Lipinski definition) is 0. The minimum absolute atomic E-state index is 0.000459. The molecular weight excluding hydrogens is 378 g/mol. The summed E-state index contributed by atoms with van der Waals surface area (Å²) in [6.07, 6.45) is 3.59. The van der Waals surface area contributed by atoms with Crippen LogP contribution >= 0.6 is 23.1 Å². The van der Waals surface area contributed by atoms with E-state index >= 15 is 0 Å². The van der Waals surface area contributed by atoms with Gasteiger partial charge in [-0.1, -0.05) is 30.0 Å². The van der Waals surface area contributed by atoms with Gasteiger partial charge >= 0.3 is 0 Å². The molecule has 0 bridgehead atoms. The molecule has 0 radical (unpaired) electrons. The lowest BCUT2D eigenvalue weighted by molar-refractivity contribution is 0.414. The van der Waals surface area contributed by atoms with Crippen LogP contribution in [0.5, 0.6) is 5.75 Å². The number of nitrogens with zero attached hydrogens (tertiary/aromatic N) is 3. The van der Waals surface area contributed by atoms with Crippen molar-refractivity contribution in [2.75, 3.05) is 7.11 Å². The minimum Gasteiger partial charge on any atom is -0.497 e. The monoisotopic (exact) mass is 395 g/mol. The molecule has 136 valence electrons. The van der Waals surface area contributed by atoms with Gasteiger partial charge in [-0.2, -0.15) is 0 Å². The first-order chi connectivity index (χ1) is 13.2. The summed E-state index contributed by atoms with van der Waals surface area (Å²) < 4.78 is 7.65. The van der Waals surface area contributed by atoms with Gasteiger partial charge in [-0.05, 0) is 40.8 Å². The smallest absolute Gasteiger partial charge is 0.272 e. The van der Waals surface area contributed by atoms with Crippen LogP contribution in [0.3, 0.4) is 0 Å². The molecule has 0 atom stereocenters. The van der Waals surface area contributed by atoms with Gasteiger partial charge in [0.25, 0.3) is 5.56 Å². The third-order valence-corrected chi connectivity index (χ3v) is 6.06. The largest absolute Gasteiger partial charge is 0.497 e. The molecule has 7 heteroatoms. The Labute approximate surface area is 164 Å². The van der Waals surface area contributed by atoms with E-state index in [9.17, 15) is 4.79 Å². The number of benzene rings is 1. The Morgan fingerprint density at radius 1 is 1.15 bits per heavy atom. The predicted octanol–water partition coefficient (Wildman–Crippen LogP) is 4.20. The molecule has 1 aromatic carbocycles. The highest BCUT2D eigenvalue weighted by atomic mass is 32.2. The summed E-state index contributed by atoms with van der Waals surface area (Å²) in [5, 5.41) is 2.62. The van der Waals surface area contributed by atoms with Crippen LogP contribution in [0.4, 0.5) is 0 Å². The number of thiophene rings is 1. The molecule has 5 nitrogen and oxygen atoms in total. The van der Waals surface area contributed by atoms with E-state index in [0.717, 1.165) is 22.4 Å². The first kappa shape index (κ1) is 17.8. The van der Waals surface area contributed by atoms with Crippen molar-refractivity contribution in [2.45, 2.75) is 17.5 Å². The van der Waals surface area contributed by atoms with Crippen molar-refractivity contribution in [3.05, 3.63) is 81.7 Å². The number of aromatic nitrogens is 3. The average molecular weight is 396 g/mol. The molecule has 0 unspecified atom stereocenters. The van der Waals surface area contributed by atoms with Gasteiger partial charge in [-0.15, -0.1) is 11.3 Å². The van der Waals surface area contributed by atoms with Crippen LogP contribution in [0, 0.1) is 0 Å². The van der Waals surface area contributed by atoms with Crippen molar-refractivity contribution in [3.8, 4) is 5.75 Å². The van der Waals surface area contributed by atoms with Gasteiger partial charge in [0.2, 0.25) is 0 Å². The van der Waals surface area contributed by atoms with Gasteiger partial charge in [0.1, 0.15) is 10.4 Å². The maximum atomic E-state index is 13.0. The number of fused-ring (bicyclic) bond motifs is 1. The maximum absolute atomic E-state index is 13.0. The highest BCUT2D eigenvalue weighted by Crippen LogP contribution is 2.24. The SMILES string of the molecule is COc1ccc(Cn2c(SCc3cccnc3)nc3ccsc3c2=O)cc1. The lowest BCUT2D eigenvalue weighted by Gasteiger charge is -2.12. The molecule has 27 heavy (non-hydrogen) atoms. The zero-order chi connectivity index (χ0) is 18.6. The van der Waals surface area contributed by atoms with E-state index in [1.165, 1.54) is 11.3 Å². The Morgan fingerprint density at radius 2 is 2.00 bits per heavy atom. The summed E-state index contributed by atoms with van der Waals surface area (Å²) in [7, 11) is 1.64. The molecule has 4 aromatic rings. The molecule has 0 N–H and O–H groups in total. The number of ether oxygens (including phenoxy) is 1. The second kappa shape index (κ2) is 7.94. The van der Waals surface area contributed by atoms with Crippen molar-refractivity contribution in [1.29, 1.82) is 0 Å². The summed E-state index contributed by atoms with van der Waals surface area (Å²) in [5.41, 5.74) is 2.88. The molecule has 0 saturated carbocycles. The Balaban J connectivity index is 1.69. The van der Waals surface area contributed by atoms with Crippen LogP contribution in [-0.2, 0) is 12.3 Å². The molecule has 0 aliphatic rings. The van der Waals surface area contributed by atoms with Gasteiger partial charge in [0.15, 0.2) is 5.16 Å². The summed E-state index contributed by atoms with van der Waals surface area (Å²) in [5.74, 6) is 1.50. The molecule has 3 heterocycles. The summed E-state index contributed by atoms with van der Waals surface area (Å²) >= 11 is 2.98. The van der Waals surface area contributed by atoms with Gasteiger partial charge in [0.05, 0.1) is 19.2 Å². The molecule has 0 spiro atoms. The molecule has 0 aliphatic carbocycles. The van der Waals surface area contributed by atoms with E-state index in [-0.39, 0.29) is 5.56 Å². The third-order valence-electron chi connectivity index (χ3n) is 4.12. The number of thioether (sulfide) groups is 1. The average Bonchev–Trinajstić information content (AvgIpc) is 3.19. The molecule has 4 rings (SSSR count). The van der Waals surface area contributed by atoms with E-state index in [2.05, 4.69) is 4.98 Å². The van der Waals surface area contributed by atoms with Gasteiger partial charge in [-0.25, -0.2) is 4.98 Å².